The highest BCUT2D eigenvalue weighted by Gasteiger charge is 2.37. The monoisotopic (exact) mass is 456 g/mol. The molecule has 0 amide bonds. The Balaban J connectivity index is 1.29. The summed E-state index contributed by atoms with van der Waals surface area (Å²) in [5, 5.41) is 13.6. The minimum absolute atomic E-state index is 0.0583. The number of Topliss-reactive ketones (excluding diaryl/α,β-unsaturated/α-hetero) is 1. The molecular formula is C27H24N2O3S. The van der Waals surface area contributed by atoms with Crippen LogP contribution in [0.25, 0.3) is 21.3 Å². The van der Waals surface area contributed by atoms with Crippen molar-refractivity contribution in [2.75, 3.05) is 5.32 Å². The van der Waals surface area contributed by atoms with Crippen molar-refractivity contribution in [3.8, 4) is 11.1 Å². The average molecular weight is 457 g/mol. The van der Waals surface area contributed by atoms with Crippen molar-refractivity contribution in [2.24, 2.45) is 11.8 Å². The Morgan fingerprint density at radius 2 is 1.61 bits per heavy atom. The first-order valence-electron chi connectivity index (χ1n) is 11.1. The lowest BCUT2D eigenvalue weighted by Gasteiger charge is -2.14. The van der Waals surface area contributed by atoms with Crippen molar-refractivity contribution in [2.45, 2.75) is 26.2 Å². The molecule has 1 fully saturated rings. The summed E-state index contributed by atoms with van der Waals surface area (Å²) < 4.78 is 1.16. The lowest BCUT2D eigenvalue weighted by molar-refractivity contribution is -0.142. The summed E-state index contributed by atoms with van der Waals surface area (Å²) in [6.07, 6.45) is 2.03. The Bertz CT molecular complexity index is 1330. The quantitative estimate of drug-likeness (QED) is 0.316. The van der Waals surface area contributed by atoms with E-state index in [1.807, 2.05) is 54.6 Å². The van der Waals surface area contributed by atoms with Crippen LogP contribution in [0.5, 0.6) is 0 Å². The van der Waals surface area contributed by atoms with E-state index in [9.17, 15) is 14.7 Å². The van der Waals surface area contributed by atoms with Crippen LogP contribution < -0.4 is 5.32 Å². The lowest BCUT2D eigenvalue weighted by atomic mass is 9.88. The zero-order valence-corrected chi connectivity index (χ0v) is 19.1. The molecule has 166 valence electrons. The summed E-state index contributed by atoms with van der Waals surface area (Å²) >= 11 is 1.63. The molecule has 1 heterocycles. The SMILES string of the molecule is Cc1ccc2nc(Nc3ccc(-c4ccc(C(=O)C5CCC[C@H]5C(=O)O)cc4)cc3)sc2c1. The van der Waals surface area contributed by atoms with Gasteiger partial charge in [-0.05, 0) is 60.7 Å². The molecule has 0 saturated heterocycles. The number of aromatic nitrogens is 1. The predicted molar refractivity (Wildman–Crippen MR) is 132 cm³/mol. The van der Waals surface area contributed by atoms with Gasteiger partial charge in [-0.3, -0.25) is 9.59 Å². The molecule has 5 rings (SSSR count). The number of aliphatic carboxylic acids is 1. The zero-order valence-electron chi connectivity index (χ0n) is 18.2. The van der Waals surface area contributed by atoms with E-state index in [-0.39, 0.29) is 5.78 Å². The van der Waals surface area contributed by atoms with Gasteiger partial charge in [-0.15, -0.1) is 0 Å². The minimum Gasteiger partial charge on any atom is -0.481 e. The van der Waals surface area contributed by atoms with Gasteiger partial charge in [-0.2, -0.15) is 0 Å². The molecule has 4 aromatic rings. The third-order valence-corrected chi connectivity index (χ3v) is 7.29. The lowest BCUT2D eigenvalue weighted by Crippen LogP contribution is -2.25. The number of hydrogen-bond acceptors (Lipinski definition) is 5. The smallest absolute Gasteiger partial charge is 0.307 e. The van der Waals surface area contributed by atoms with Gasteiger partial charge in [0.15, 0.2) is 10.9 Å². The fourth-order valence-electron chi connectivity index (χ4n) is 4.57. The second-order valence-electron chi connectivity index (χ2n) is 8.62. The van der Waals surface area contributed by atoms with Crippen LogP contribution in [0.3, 0.4) is 0 Å². The highest BCUT2D eigenvalue weighted by atomic mass is 32.1. The van der Waals surface area contributed by atoms with E-state index in [0.29, 0.717) is 18.4 Å². The molecule has 6 heteroatoms. The van der Waals surface area contributed by atoms with Crippen LogP contribution in [0.2, 0.25) is 0 Å². The van der Waals surface area contributed by atoms with E-state index in [1.165, 1.54) is 5.56 Å². The summed E-state index contributed by atoms with van der Waals surface area (Å²) in [6.45, 7) is 2.08. The first kappa shape index (κ1) is 21.3. The Labute approximate surface area is 196 Å². The van der Waals surface area contributed by atoms with Gasteiger partial charge in [0.1, 0.15) is 0 Å². The van der Waals surface area contributed by atoms with E-state index in [0.717, 1.165) is 38.6 Å². The Hall–Kier alpha value is -3.51. The maximum atomic E-state index is 12.8. The number of aryl methyl sites for hydroxylation is 1. The average Bonchev–Trinajstić information content (AvgIpc) is 3.46. The number of carbonyl (C=O) groups is 2. The number of thiazole rings is 1. The maximum absolute atomic E-state index is 12.8. The summed E-state index contributed by atoms with van der Waals surface area (Å²) in [5.74, 6) is -1.89. The number of carboxylic acids is 1. The third-order valence-electron chi connectivity index (χ3n) is 6.35. The van der Waals surface area contributed by atoms with Crippen LogP contribution in [-0.4, -0.2) is 21.8 Å². The van der Waals surface area contributed by atoms with Gasteiger partial charge in [0.05, 0.1) is 16.1 Å². The van der Waals surface area contributed by atoms with Gasteiger partial charge in [0.25, 0.3) is 0 Å². The van der Waals surface area contributed by atoms with E-state index in [1.54, 1.807) is 11.3 Å². The molecule has 2 N–H and O–H groups in total. The van der Waals surface area contributed by atoms with Crippen LogP contribution >= 0.6 is 11.3 Å². The van der Waals surface area contributed by atoms with Crippen LogP contribution in [0, 0.1) is 18.8 Å². The Morgan fingerprint density at radius 1 is 0.939 bits per heavy atom. The first-order chi connectivity index (χ1) is 16.0. The van der Waals surface area contributed by atoms with Gasteiger partial charge in [-0.1, -0.05) is 60.2 Å². The number of nitrogens with one attached hydrogen (secondary N) is 1. The predicted octanol–water partition coefficient (Wildman–Crippen LogP) is 6.70. The fourth-order valence-corrected chi connectivity index (χ4v) is 5.55. The van der Waals surface area contributed by atoms with Crippen LogP contribution in [0.1, 0.15) is 35.2 Å². The number of benzene rings is 3. The number of ketones is 1. The van der Waals surface area contributed by atoms with Gasteiger partial charge < -0.3 is 10.4 Å². The molecule has 1 aromatic heterocycles. The van der Waals surface area contributed by atoms with Crippen LogP contribution in [0.4, 0.5) is 10.8 Å². The molecule has 0 spiro atoms. The molecule has 0 radical (unpaired) electrons. The highest BCUT2D eigenvalue weighted by Crippen LogP contribution is 2.35. The van der Waals surface area contributed by atoms with Gasteiger partial charge in [-0.25, -0.2) is 4.98 Å². The molecule has 0 aliphatic heterocycles. The molecule has 3 aromatic carbocycles. The van der Waals surface area contributed by atoms with Gasteiger partial charge >= 0.3 is 5.97 Å². The second kappa shape index (κ2) is 8.79. The number of anilines is 2. The van der Waals surface area contributed by atoms with Gasteiger partial charge in [0.2, 0.25) is 0 Å². The van der Waals surface area contributed by atoms with Gasteiger partial charge in [0, 0.05) is 17.2 Å². The number of carboxylic acid groups (broad SMARTS) is 1. The maximum Gasteiger partial charge on any atom is 0.307 e. The van der Waals surface area contributed by atoms with Crippen LogP contribution in [-0.2, 0) is 4.79 Å². The highest BCUT2D eigenvalue weighted by molar-refractivity contribution is 7.22. The summed E-state index contributed by atoms with van der Waals surface area (Å²) in [5.41, 5.74) is 5.81. The normalized spacial score (nSPS) is 17.8. The molecule has 33 heavy (non-hydrogen) atoms. The second-order valence-corrected chi connectivity index (χ2v) is 9.65. The molecule has 0 bridgehead atoms. The summed E-state index contributed by atoms with van der Waals surface area (Å²) in [4.78, 5) is 28.9. The summed E-state index contributed by atoms with van der Waals surface area (Å²) in [7, 11) is 0. The van der Waals surface area contributed by atoms with Crippen molar-refractivity contribution < 1.29 is 14.7 Å². The van der Waals surface area contributed by atoms with Crippen LogP contribution in [0.15, 0.2) is 66.7 Å². The molecule has 1 unspecified atom stereocenters. The zero-order chi connectivity index (χ0) is 22.9. The van der Waals surface area contributed by atoms with E-state index >= 15 is 0 Å². The van der Waals surface area contributed by atoms with E-state index < -0.39 is 17.8 Å². The number of rotatable bonds is 6. The van der Waals surface area contributed by atoms with Crippen molar-refractivity contribution in [1.29, 1.82) is 0 Å². The largest absolute Gasteiger partial charge is 0.481 e. The Morgan fingerprint density at radius 3 is 2.30 bits per heavy atom. The molecule has 5 nitrogen and oxygen atoms in total. The molecule has 1 saturated carbocycles. The van der Waals surface area contributed by atoms with E-state index in [2.05, 4.69) is 29.4 Å². The summed E-state index contributed by atoms with van der Waals surface area (Å²) in [6, 6.07) is 21.8. The van der Waals surface area contributed by atoms with Crippen molar-refractivity contribution in [3.05, 3.63) is 77.9 Å². The Kier molecular flexibility index (Phi) is 5.68. The number of carbonyl (C=O) groups excluding carboxylic acids is 1. The third kappa shape index (κ3) is 4.39. The van der Waals surface area contributed by atoms with Crippen molar-refractivity contribution in [3.63, 3.8) is 0 Å². The minimum atomic E-state index is -0.864. The fraction of sp³-hybridized carbons (Fsp3) is 0.222. The molecule has 2 atom stereocenters. The van der Waals surface area contributed by atoms with Crippen molar-refractivity contribution >= 4 is 44.1 Å². The molecular weight excluding hydrogens is 432 g/mol. The standard InChI is InChI=1S/C27H24N2O3S/c1-16-5-14-23-24(15-16)33-27(29-23)28-20-12-10-18(11-13-20)17-6-8-19(9-7-17)25(30)21-3-2-4-22(21)26(31)32/h5-15,21-22H,2-4H2,1H3,(H,28,29)(H,31,32)/t21?,22-/m1/s1. The topological polar surface area (TPSA) is 79.3 Å². The number of nitrogens with zero attached hydrogens (tertiary/aromatic N) is 1. The molecule has 1 aliphatic rings. The molecule has 1 aliphatic carbocycles. The first-order valence-corrected chi connectivity index (χ1v) is 11.9. The number of hydrogen-bond donors (Lipinski definition) is 2. The van der Waals surface area contributed by atoms with E-state index in [4.69, 9.17) is 0 Å². The van der Waals surface area contributed by atoms with Crippen molar-refractivity contribution in [1.82, 2.24) is 4.98 Å². The number of fused-ring (bicyclic) bond motifs is 1.